The van der Waals surface area contributed by atoms with Gasteiger partial charge in [0.1, 0.15) is 0 Å². The first-order valence-electron chi connectivity index (χ1n) is 9.88. The Kier molecular flexibility index (Phi) is 6.06. The van der Waals surface area contributed by atoms with Gasteiger partial charge in [0, 0.05) is 25.6 Å². The van der Waals surface area contributed by atoms with Crippen LogP contribution in [0.5, 0.6) is 0 Å². The molecule has 1 saturated carbocycles. The number of carbonyl (C=O) groups is 1. The summed E-state index contributed by atoms with van der Waals surface area (Å²) in [6, 6.07) is 0. The van der Waals surface area contributed by atoms with Gasteiger partial charge in [-0.05, 0) is 57.0 Å². The van der Waals surface area contributed by atoms with Gasteiger partial charge in [0.15, 0.2) is 0 Å². The van der Waals surface area contributed by atoms with Crippen LogP contribution in [0.15, 0.2) is 0 Å². The minimum Gasteiger partial charge on any atom is -0.341 e. The fourth-order valence-electron chi connectivity index (χ4n) is 4.42. The number of piperidine rings is 2. The molecule has 25 heavy (non-hydrogen) atoms. The largest absolute Gasteiger partial charge is 0.341 e. The summed E-state index contributed by atoms with van der Waals surface area (Å²) in [6.45, 7) is 5.64. The van der Waals surface area contributed by atoms with Gasteiger partial charge in [-0.3, -0.25) is 4.79 Å². The number of hydrogen-bond acceptors (Lipinski definition) is 4. The van der Waals surface area contributed by atoms with Crippen molar-refractivity contribution in [2.24, 2.45) is 11.3 Å². The molecule has 3 rings (SSSR count). The molecule has 2 aliphatic heterocycles. The van der Waals surface area contributed by atoms with E-state index in [4.69, 9.17) is 0 Å². The zero-order chi connectivity index (χ0) is 17.9. The standard InChI is InChI=1S/C18H33N3O3S/c1-18(8-10-19-11-9-18)14-20-25(23,24)16-7-4-12-21(13-16)17(22)15-5-2-3-6-15/h15-16,19-20H,2-14H2,1H3. The second-order valence-electron chi connectivity index (χ2n) is 8.46. The first-order valence-corrected chi connectivity index (χ1v) is 11.4. The molecule has 1 aliphatic carbocycles. The summed E-state index contributed by atoms with van der Waals surface area (Å²) >= 11 is 0. The van der Waals surface area contributed by atoms with E-state index >= 15 is 0 Å². The van der Waals surface area contributed by atoms with Crippen LogP contribution in [0.4, 0.5) is 0 Å². The van der Waals surface area contributed by atoms with Crippen LogP contribution in [0, 0.1) is 11.3 Å². The minimum absolute atomic E-state index is 0.0341. The van der Waals surface area contributed by atoms with Crippen LogP contribution in [-0.2, 0) is 14.8 Å². The normalized spacial score (nSPS) is 28.2. The highest BCUT2D eigenvalue weighted by atomic mass is 32.2. The maximum Gasteiger partial charge on any atom is 0.225 e. The van der Waals surface area contributed by atoms with E-state index in [1.807, 2.05) is 4.90 Å². The molecule has 3 fully saturated rings. The molecule has 1 atom stereocenters. The van der Waals surface area contributed by atoms with E-state index in [9.17, 15) is 13.2 Å². The first-order chi connectivity index (χ1) is 11.9. The number of amides is 1. The van der Waals surface area contributed by atoms with Crippen molar-refractivity contribution < 1.29 is 13.2 Å². The van der Waals surface area contributed by atoms with E-state index in [-0.39, 0.29) is 17.2 Å². The molecule has 2 saturated heterocycles. The van der Waals surface area contributed by atoms with E-state index in [1.54, 1.807) is 0 Å². The number of hydrogen-bond donors (Lipinski definition) is 2. The monoisotopic (exact) mass is 371 g/mol. The van der Waals surface area contributed by atoms with Gasteiger partial charge in [-0.2, -0.15) is 0 Å². The molecular weight excluding hydrogens is 338 g/mol. The van der Waals surface area contributed by atoms with Crippen molar-refractivity contribution in [1.82, 2.24) is 14.9 Å². The zero-order valence-electron chi connectivity index (χ0n) is 15.4. The molecular formula is C18H33N3O3S. The van der Waals surface area contributed by atoms with Crippen LogP contribution < -0.4 is 10.0 Å². The Morgan fingerprint density at radius 2 is 1.84 bits per heavy atom. The van der Waals surface area contributed by atoms with Gasteiger partial charge in [-0.1, -0.05) is 19.8 Å². The van der Waals surface area contributed by atoms with Crippen molar-refractivity contribution >= 4 is 15.9 Å². The predicted molar refractivity (Wildman–Crippen MR) is 98.7 cm³/mol. The molecule has 7 heteroatoms. The summed E-state index contributed by atoms with van der Waals surface area (Å²) in [5.74, 6) is 0.311. The van der Waals surface area contributed by atoms with Crippen LogP contribution in [0.25, 0.3) is 0 Å². The number of nitrogens with zero attached hydrogens (tertiary/aromatic N) is 1. The average Bonchev–Trinajstić information content (AvgIpc) is 3.15. The van der Waals surface area contributed by atoms with Gasteiger partial charge < -0.3 is 10.2 Å². The smallest absolute Gasteiger partial charge is 0.225 e. The molecule has 1 amide bonds. The molecule has 0 spiro atoms. The van der Waals surface area contributed by atoms with E-state index in [2.05, 4.69) is 17.0 Å². The molecule has 0 aromatic carbocycles. The van der Waals surface area contributed by atoms with E-state index in [0.29, 0.717) is 26.1 Å². The Bertz CT molecular complexity index is 566. The molecule has 0 bridgehead atoms. The highest BCUT2D eigenvalue weighted by molar-refractivity contribution is 7.90. The van der Waals surface area contributed by atoms with Crippen molar-refractivity contribution in [3.63, 3.8) is 0 Å². The second kappa shape index (κ2) is 7.92. The topological polar surface area (TPSA) is 78.5 Å². The minimum atomic E-state index is -3.38. The lowest BCUT2D eigenvalue weighted by Crippen LogP contribution is -2.51. The lowest BCUT2D eigenvalue weighted by molar-refractivity contribution is -0.136. The van der Waals surface area contributed by atoms with Crippen LogP contribution in [0.2, 0.25) is 0 Å². The van der Waals surface area contributed by atoms with Crippen molar-refractivity contribution in [3.05, 3.63) is 0 Å². The van der Waals surface area contributed by atoms with Gasteiger partial charge >= 0.3 is 0 Å². The fraction of sp³-hybridized carbons (Fsp3) is 0.944. The Balaban J connectivity index is 1.56. The molecule has 0 radical (unpaired) electrons. The predicted octanol–water partition coefficient (Wildman–Crippen LogP) is 1.48. The Hall–Kier alpha value is -0.660. The summed E-state index contributed by atoms with van der Waals surface area (Å²) in [5, 5.41) is 2.86. The van der Waals surface area contributed by atoms with Gasteiger partial charge in [-0.15, -0.1) is 0 Å². The van der Waals surface area contributed by atoms with Crippen molar-refractivity contribution in [1.29, 1.82) is 0 Å². The lowest BCUT2D eigenvalue weighted by atomic mass is 9.81. The summed E-state index contributed by atoms with van der Waals surface area (Å²) in [6.07, 6.45) is 7.61. The SMILES string of the molecule is CC1(CNS(=O)(=O)C2CCCN(C(=O)C3CCCC3)C2)CCNCC1. The molecule has 0 aromatic heterocycles. The quantitative estimate of drug-likeness (QED) is 0.767. The molecule has 6 nitrogen and oxygen atoms in total. The zero-order valence-corrected chi connectivity index (χ0v) is 16.2. The van der Waals surface area contributed by atoms with Gasteiger partial charge in [0.25, 0.3) is 0 Å². The van der Waals surface area contributed by atoms with Crippen molar-refractivity contribution in [3.8, 4) is 0 Å². The number of likely N-dealkylation sites (tertiary alicyclic amines) is 1. The molecule has 2 heterocycles. The van der Waals surface area contributed by atoms with E-state index in [0.717, 1.165) is 58.0 Å². The van der Waals surface area contributed by atoms with E-state index < -0.39 is 15.3 Å². The summed E-state index contributed by atoms with van der Waals surface area (Å²) in [5.41, 5.74) is 0.0341. The summed E-state index contributed by atoms with van der Waals surface area (Å²) in [7, 11) is -3.38. The number of nitrogens with one attached hydrogen (secondary N) is 2. The van der Waals surface area contributed by atoms with Crippen molar-refractivity contribution in [2.75, 3.05) is 32.7 Å². The number of carbonyl (C=O) groups excluding carboxylic acids is 1. The molecule has 1 unspecified atom stereocenters. The van der Waals surface area contributed by atoms with Gasteiger partial charge in [0.2, 0.25) is 15.9 Å². The average molecular weight is 372 g/mol. The second-order valence-corrected chi connectivity index (χ2v) is 10.5. The lowest BCUT2D eigenvalue weighted by Gasteiger charge is -2.36. The highest BCUT2D eigenvalue weighted by Crippen LogP contribution is 2.29. The third kappa shape index (κ3) is 4.74. The number of sulfonamides is 1. The Labute approximate surface area is 152 Å². The van der Waals surface area contributed by atoms with Crippen LogP contribution in [-0.4, -0.2) is 57.2 Å². The molecule has 0 aromatic rings. The van der Waals surface area contributed by atoms with Crippen LogP contribution in [0.1, 0.15) is 58.3 Å². The van der Waals surface area contributed by atoms with E-state index in [1.165, 1.54) is 0 Å². The van der Waals surface area contributed by atoms with Crippen LogP contribution in [0.3, 0.4) is 0 Å². The molecule has 144 valence electrons. The first kappa shape index (κ1) is 19.1. The Morgan fingerprint density at radius 1 is 1.16 bits per heavy atom. The summed E-state index contributed by atoms with van der Waals surface area (Å²) < 4.78 is 28.5. The third-order valence-electron chi connectivity index (χ3n) is 6.34. The summed E-state index contributed by atoms with van der Waals surface area (Å²) in [4.78, 5) is 14.4. The fourth-order valence-corrected chi connectivity index (χ4v) is 6.06. The van der Waals surface area contributed by atoms with Gasteiger partial charge in [-0.25, -0.2) is 13.1 Å². The highest BCUT2D eigenvalue weighted by Gasteiger charge is 2.37. The Morgan fingerprint density at radius 3 is 2.52 bits per heavy atom. The maximum atomic E-state index is 12.8. The third-order valence-corrected chi connectivity index (χ3v) is 8.15. The number of rotatable bonds is 5. The maximum absolute atomic E-state index is 12.8. The molecule has 3 aliphatic rings. The molecule has 2 N–H and O–H groups in total. The van der Waals surface area contributed by atoms with Crippen molar-refractivity contribution in [2.45, 2.75) is 63.5 Å². The van der Waals surface area contributed by atoms with Gasteiger partial charge in [0.05, 0.1) is 5.25 Å². The van der Waals surface area contributed by atoms with Crippen LogP contribution >= 0.6 is 0 Å².